The van der Waals surface area contributed by atoms with Gasteiger partial charge in [-0.05, 0) is 111 Å². The van der Waals surface area contributed by atoms with E-state index in [9.17, 15) is 9.90 Å². The molecule has 1 saturated heterocycles. The number of nitrogens with zero attached hydrogens (tertiary/aromatic N) is 2. The topological polar surface area (TPSA) is 62.7 Å². The van der Waals surface area contributed by atoms with Crippen molar-refractivity contribution in [3.63, 3.8) is 0 Å². The molecule has 1 fully saturated rings. The number of likely N-dealkylation sites (tertiary alicyclic amines) is 1. The minimum atomic E-state index is -0.705. The van der Waals surface area contributed by atoms with Gasteiger partial charge in [-0.3, -0.25) is 9.78 Å². The predicted octanol–water partition coefficient (Wildman–Crippen LogP) is 7.31. The fraction of sp³-hybridized carbons (Fsp3) is 0.467. The van der Waals surface area contributed by atoms with Crippen molar-refractivity contribution in [2.24, 2.45) is 11.8 Å². The Morgan fingerprint density at radius 1 is 1.08 bits per heavy atom. The van der Waals surface area contributed by atoms with Gasteiger partial charge in [-0.15, -0.1) is 0 Å². The van der Waals surface area contributed by atoms with E-state index in [1.54, 1.807) is 7.11 Å². The lowest BCUT2D eigenvalue weighted by atomic mass is 9.79. The molecule has 0 amide bonds. The number of rotatable bonds is 12. The first-order chi connectivity index (χ1) is 17.9. The van der Waals surface area contributed by atoms with Gasteiger partial charge in [0.2, 0.25) is 0 Å². The average Bonchev–Trinajstić information content (AvgIpc) is 2.90. The Hall–Kier alpha value is -2.34. The summed E-state index contributed by atoms with van der Waals surface area (Å²) in [7, 11) is 1.69. The fourth-order valence-corrected chi connectivity index (χ4v) is 6.11. The van der Waals surface area contributed by atoms with Gasteiger partial charge in [0.25, 0.3) is 0 Å². The van der Waals surface area contributed by atoms with Crippen molar-refractivity contribution in [1.29, 1.82) is 0 Å². The Morgan fingerprint density at radius 2 is 1.92 bits per heavy atom. The first-order valence-corrected chi connectivity index (χ1v) is 14.0. The second kappa shape index (κ2) is 13.5. The molecule has 0 spiro atoms. The van der Waals surface area contributed by atoms with Gasteiger partial charge in [0.05, 0.1) is 22.7 Å². The fourth-order valence-electron chi connectivity index (χ4n) is 5.69. The number of carboxylic acids is 1. The molecule has 7 heteroatoms. The Balaban J connectivity index is 1.32. The molecule has 1 aliphatic heterocycles. The van der Waals surface area contributed by atoms with Gasteiger partial charge in [0.15, 0.2) is 0 Å². The monoisotopic (exact) mass is 542 g/mol. The number of benzene rings is 2. The van der Waals surface area contributed by atoms with Gasteiger partial charge in [-0.2, -0.15) is 0 Å². The molecule has 0 aliphatic carbocycles. The van der Waals surface area contributed by atoms with E-state index in [4.69, 9.17) is 27.9 Å². The lowest BCUT2D eigenvalue weighted by Crippen LogP contribution is -2.41. The number of aryl methyl sites for hydroxylation is 2. The van der Waals surface area contributed by atoms with Crippen LogP contribution in [0.2, 0.25) is 10.0 Å². The second-order valence-corrected chi connectivity index (χ2v) is 10.9. The Bertz CT molecular complexity index is 1200. The number of ether oxygens (including phenoxy) is 1. The molecule has 1 aromatic heterocycles. The van der Waals surface area contributed by atoms with E-state index in [1.807, 2.05) is 36.5 Å². The maximum atomic E-state index is 11.3. The van der Waals surface area contributed by atoms with Gasteiger partial charge < -0.3 is 14.7 Å². The van der Waals surface area contributed by atoms with Crippen molar-refractivity contribution in [1.82, 2.24) is 9.88 Å². The highest BCUT2D eigenvalue weighted by Gasteiger charge is 2.29. The van der Waals surface area contributed by atoms with Crippen LogP contribution in [0.15, 0.2) is 48.7 Å². The summed E-state index contributed by atoms with van der Waals surface area (Å²) in [6.07, 6.45) is 9.06. The van der Waals surface area contributed by atoms with Crippen LogP contribution in [0.4, 0.5) is 0 Å². The van der Waals surface area contributed by atoms with E-state index in [-0.39, 0.29) is 6.42 Å². The summed E-state index contributed by atoms with van der Waals surface area (Å²) in [5, 5.41) is 11.7. The van der Waals surface area contributed by atoms with E-state index in [0.29, 0.717) is 21.9 Å². The van der Waals surface area contributed by atoms with Crippen molar-refractivity contribution in [2.75, 3.05) is 26.7 Å². The van der Waals surface area contributed by atoms with Crippen LogP contribution < -0.4 is 4.74 Å². The quantitative estimate of drug-likeness (QED) is 0.260. The van der Waals surface area contributed by atoms with Gasteiger partial charge in [0.1, 0.15) is 5.75 Å². The molecule has 2 heterocycles. The number of carbonyl (C=O) groups is 1. The molecule has 0 unspecified atom stereocenters. The lowest BCUT2D eigenvalue weighted by molar-refractivity contribution is -0.137. The SMILES string of the molecule is COc1ccc2nccc(CCC[C@@H]3CCN(CCCc4cccc(Cl)c4Cl)C[C@@H]3CCC(=O)O)c2c1. The molecule has 2 aromatic carbocycles. The number of pyridine rings is 1. The normalized spacial score (nSPS) is 18.2. The van der Waals surface area contributed by atoms with Crippen molar-refractivity contribution in [3.8, 4) is 5.75 Å². The van der Waals surface area contributed by atoms with E-state index < -0.39 is 5.97 Å². The molecule has 1 N–H and O–H groups in total. The number of aromatic nitrogens is 1. The van der Waals surface area contributed by atoms with Gasteiger partial charge >= 0.3 is 5.97 Å². The largest absolute Gasteiger partial charge is 0.497 e. The van der Waals surface area contributed by atoms with Crippen molar-refractivity contribution < 1.29 is 14.6 Å². The van der Waals surface area contributed by atoms with Crippen LogP contribution in [0.5, 0.6) is 5.75 Å². The van der Waals surface area contributed by atoms with Crippen LogP contribution in [0.25, 0.3) is 10.9 Å². The predicted molar refractivity (Wildman–Crippen MR) is 151 cm³/mol. The smallest absolute Gasteiger partial charge is 0.303 e. The van der Waals surface area contributed by atoms with Gasteiger partial charge in [-0.25, -0.2) is 0 Å². The van der Waals surface area contributed by atoms with Crippen LogP contribution in [-0.2, 0) is 17.6 Å². The number of hydrogen-bond acceptors (Lipinski definition) is 4. The minimum absolute atomic E-state index is 0.238. The second-order valence-electron chi connectivity index (χ2n) is 10.1. The zero-order valence-electron chi connectivity index (χ0n) is 21.5. The molecule has 37 heavy (non-hydrogen) atoms. The van der Waals surface area contributed by atoms with E-state index in [1.165, 1.54) is 5.56 Å². The highest BCUT2D eigenvalue weighted by Crippen LogP contribution is 2.33. The standard InChI is InChI=1S/C30H36Cl2N2O3/c1-37-25-11-12-28-26(19-25)22(14-16-33-28)6-2-5-21-15-18-34(20-24(21)10-13-29(35)36)17-4-8-23-7-3-9-27(31)30(23)32/h3,7,9,11-12,14,16,19,21,24H,2,4-6,8,10,13,15,17-18,20H2,1H3,(H,35,36)/t21-,24+/m1/s1. The zero-order valence-corrected chi connectivity index (χ0v) is 23.0. The highest BCUT2D eigenvalue weighted by atomic mass is 35.5. The zero-order chi connectivity index (χ0) is 26.2. The first-order valence-electron chi connectivity index (χ1n) is 13.2. The number of hydrogen-bond donors (Lipinski definition) is 1. The summed E-state index contributed by atoms with van der Waals surface area (Å²) in [4.78, 5) is 18.3. The summed E-state index contributed by atoms with van der Waals surface area (Å²) < 4.78 is 5.42. The number of aliphatic carboxylic acids is 1. The third-order valence-corrected chi connectivity index (χ3v) is 8.57. The van der Waals surface area contributed by atoms with Crippen LogP contribution in [-0.4, -0.2) is 47.7 Å². The summed E-state index contributed by atoms with van der Waals surface area (Å²) in [5.74, 6) is 1.11. The van der Waals surface area contributed by atoms with Crippen LogP contribution in [0.3, 0.4) is 0 Å². The summed E-state index contributed by atoms with van der Waals surface area (Å²) in [6, 6.07) is 13.9. The van der Waals surface area contributed by atoms with Crippen LogP contribution >= 0.6 is 23.2 Å². The summed E-state index contributed by atoms with van der Waals surface area (Å²) in [6.45, 7) is 3.02. The molecule has 5 nitrogen and oxygen atoms in total. The third kappa shape index (κ3) is 7.59. The van der Waals surface area contributed by atoms with Gasteiger partial charge in [-0.1, -0.05) is 35.3 Å². The van der Waals surface area contributed by atoms with E-state index in [0.717, 1.165) is 86.8 Å². The lowest BCUT2D eigenvalue weighted by Gasteiger charge is -2.39. The summed E-state index contributed by atoms with van der Waals surface area (Å²) in [5.41, 5.74) is 3.38. The van der Waals surface area contributed by atoms with Gasteiger partial charge in [0, 0.05) is 24.5 Å². The average molecular weight is 544 g/mol. The molecule has 0 radical (unpaired) electrons. The maximum absolute atomic E-state index is 11.3. The molecular weight excluding hydrogens is 507 g/mol. The maximum Gasteiger partial charge on any atom is 0.303 e. The molecule has 198 valence electrons. The van der Waals surface area contributed by atoms with E-state index in [2.05, 4.69) is 22.0 Å². The van der Waals surface area contributed by atoms with E-state index >= 15 is 0 Å². The van der Waals surface area contributed by atoms with Crippen molar-refractivity contribution >= 4 is 40.1 Å². The van der Waals surface area contributed by atoms with Crippen molar-refractivity contribution in [2.45, 2.75) is 51.4 Å². The van der Waals surface area contributed by atoms with Crippen molar-refractivity contribution in [3.05, 3.63) is 69.8 Å². The molecule has 3 aromatic rings. The number of methoxy groups -OCH3 is 1. The Kier molecular flexibility index (Phi) is 10.1. The number of fused-ring (bicyclic) bond motifs is 1. The Labute approximate surface area is 229 Å². The Morgan fingerprint density at radius 3 is 2.73 bits per heavy atom. The first kappa shape index (κ1) is 27.7. The minimum Gasteiger partial charge on any atom is -0.497 e. The highest BCUT2D eigenvalue weighted by molar-refractivity contribution is 6.42. The molecule has 0 saturated carbocycles. The summed E-state index contributed by atoms with van der Waals surface area (Å²) >= 11 is 12.5. The number of piperidine rings is 1. The molecule has 1 aliphatic rings. The number of carboxylic acid groups (broad SMARTS) is 1. The molecular formula is C30H36Cl2N2O3. The van der Waals surface area contributed by atoms with Crippen LogP contribution in [0.1, 0.15) is 49.7 Å². The van der Waals surface area contributed by atoms with Crippen LogP contribution in [0, 0.1) is 11.8 Å². The number of halogens is 2. The molecule has 2 atom stereocenters. The third-order valence-electron chi connectivity index (χ3n) is 7.72. The molecule has 4 rings (SSSR count). The molecule has 0 bridgehead atoms.